The van der Waals surface area contributed by atoms with Crippen LogP contribution >= 0.6 is 0 Å². The Morgan fingerprint density at radius 3 is 2.76 bits per heavy atom. The number of fused-ring (bicyclic) bond motifs is 1. The van der Waals surface area contributed by atoms with E-state index >= 15 is 0 Å². The number of rotatable bonds is 1. The maximum atomic E-state index is 5.81. The Morgan fingerprint density at radius 1 is 1.12 bits per heavy atom. The van der Waals surface area contributed by atoms with E-state index in [-0.39, 0.29) is 0 Å². The van der Waals surface area contributed by atoms with E-state index in [1.165, 1.54) is 10.9 Å². The highest BCUT2D eigenvalue weighted by Gasteiger charge is 2.13. The topological polar surface area (TPSA) is 86.8 Å². The Morgan fingerprint density at radius 2 is 2.00 bits per heavy atom. The second kappa shape index (κ2) is 3.44. The van der Waals surface area contributed by atoms with Gasteiger partial charge in [-0.05, 0) is 11.1 Å². The SMILES string of the molecule is Nc1cnn(-c2cc[n+]3ccccc3n2)c1N. The Labute approximate surface area is 97.1 Å². The average molecular weight is 227 g/mol. The molecule has 0 spiro atoms. The van der Waals surface area contributed by atoms with Gasteiger partial charge < -0.3 is 11.5 Å². The summed E-state index contributed by atoms with van der Waals surface area (Å²) in [6.07, 6.45) is 5.33. The molecule has 0 bridgehead atoms. The number of nitrogen functional groups attached to an aromatic ring is 2. The van der Waals surface area contributed by atoms with Gasteiger partial charge in [0.05, 0.1) is 18.1 Å². The monoisotopic (exact) mass is 227 g/mol. The van der Waals surface area contributed by atoms with Crippen molar-refractivity contribution in [3.05, 3.63) is 42.9 Å². The predicted molar refractivity (Wildman–Crippen MR) is 63.3 cm³/mol. The molecule has 0 saturated carbocycles. The summed E-state index contributed by atoms with van der Waals surface area (Å²) in [5.74, 6) is 1.04. The van der Waals surface area contributed by atoms with Crippen molar-refractivity contribution in [1.29, 1.82) is 0 Å². The highest BCUT2D eigenvalue weighted by molar-refractivity contribution is 5.59. The molecule has 3 heterocycles. The molecule has 0 aliphatic heterocycles. The summed E-state index contributed by atoms with van der Waals surface area (Å²) in [5.41, 5.74) is 12.7. The molecule has 3 aromatic heterocycles. The second-order valence-electron chi connectivity index (χ2n) is 3.65. The van der Waals surface area contributed by atoms with E-state index in [4.69, 9.17) is 11.5 Å². The van der Waals surface area contributed by atoms with Crippen LogP contribution < -0.4 is 15.9 Å². The van der Waals surface area contributed by atoms with Crippen LogP contribution in [0.25, 0.3) is 11.5 Å². The third kappa shape index (κ3) is 1.46. The fourth-order valence-electron chi connectivity index (χ4n) is 1.64. The minimum Gasteiger partial charge on any atom is -0.394 e. The lowest BCUT2D eigenvalue weighted by atomic mass is 10.4. The van der Waals surface area contributed by atoms with Gasteiger partial charge in [0.25, 0.3) is 5.82 Å². The molecule has 84 valence electrons. The molecule has 0 fully saturated rings. The first-order valence-corrected chi connectivity index (χ1v) is 5.12. The van der Waals surface area contributed by atoms with Crippen LogP contribution in [-0.2, 0) is 0 Å². The summed E-state index contributed by atoms with van der Waals surface area (Å²) in [7, 11) is 0. The molecule has 4 N–H and O–H groups in total. The first kappa shape index (κ1) is 9.59. The third-order valence-corrected chi connectivity index (χ3v) is 2.53. The summed E-state index contributed by atoms with van der Waals surface area (Å²) < 4.78 is 3.43. The summed E-state index contributed by atoms with van der Waals surface area (Å²) in [5, 5.41) is 4.09. The van der Waals surface area contributed by atoms with Crippen molar-refractivity contribution in [2.24, 2.45) is 0 Å². The zero-order valence-corrected chi connectivity index (χ0v) is 8.99. The summed E-state index contributed by atoms with van der Waals surface area (Å²) >= 11 is 0. The van der Waals surface area contributed by atoms with Gasteiger partial charge in [-0.25, -0.2) is 4.40 Å². The third-order valence-electron chi connectivity index (χ3n) is 2.53. The van der Waals surface area contributed by atoms with Crippen molar-refractivity contribution in [2.45, 2.75) is 0 Å². The molecular weight excluding hydrogens is 216 g/mol. The average Bonchev–Trinajstić information content (AvgIpc) is 2.70. The molecule has 0 unspecified atom stereocenters. The van der Waals surface area contributed by atoms with E-state index in [2.05, 4.69) is 10.1 Å². The number of pyridine rings is 1. The van der Waals surface area contributed by atoms with Gasteiger partial charge in [-0.3, -0.25) is 0 Å². The molecule has 0 amide bonds. The minimum absolute atomic E-state index is 0.401. The van der Waals surface area contributed by atoms with E-state index < -0.39 is 0 Å². The van der Waals surface area contributed by atoms with Crippen molar-refractivity contribution < 1.29 is 4.40 Å². The van der Waals surface area contributed by atoms with E-state index in [1.54, 1.807) is 0 Å². The van der Waals surface area contributed by atoms with Crippen molar-refractivity contribution in [1.82, 2.24) is 14.8 Å². The smallest absolute Gasteiger partial charge is 0.330 e. The van der Waals surface area contributed by atoms with Gasteiger partial charge in [0.2, 0.25) is 0 Å². The van der Waals surface area contributed by atoms with Crippen LogP contribution in [0.4, 0.5) is 11.5 Å². The molecule has 0 atom stereocenters. The molecule has 0 saturated heterocycles. The number of hydrogen-bond acceptors (Lipinski definition) is 4. The van der Waals surface area contributed by atoms with Gasteiger partial charge in [-0.1, -0.05) is 6.07 Å². The van der Waals surface area contributed by atoms with Gasteiger partial charge in [0, 0.05) is 12.1 Å². The standard InChI is InChI=1S/C11H11N6/c12-8-7-14-17(11(8)13)10-4-6-16-5-2-1-3-9(16)15-10/h1-7H,12-13H2/q+1. The molecule has 3 aromatic rings. The van der Waals surface area contributed by atoms with Crippen LogP contribution in [0.15, 0.2) is 42.9 Å². The van der Waals surface area contributed by atoms with E-state index in [9.17, 15) is 0 Å². The lowest BCUT2D eigenvalue weighted by Gasteiger charge is -1.98. The van der Waals surface area contributed by atoms with Gasteiger partial charge in [-0.15, -0.1) is 0 Å². The quantitative estimate of drug-likeness (QED) is 0.580. The lowest BCUT2D eigenvalue weighted by Crippen LogP contribution is -2.22. The number of anilines is 2. The van der Waals surface area contributed by atoms with Crippen LogP contribution in [0.3, 0.4) is 0 Å². The summed E-state index contributed by atoms with van der Waals surface area (Å²) in [6, 6.07) is 7.60. The molecule has 17 heavy (non-hydrogen) atoms. The molecule has 3 rings (SSSR count). The van der Waals surface area contributed by atoms with Crippen molar-refractivity contribution in [3.8, 4) is 5.82 Å². The molecule has 0 aliphatic rings. The predicted octanol–water partition coefficient (Wildman–Crippen LogP) is 0.170. The first-order valence-electron chi connectivity index (χ1n) is 5.12. The van der Waals surface area contributed by atoms with Crippen LogP contribution in [0.2, 0.25) is 0 Å². The molecule has 6 heteroatoms. The first-order chi connectivity index (χ1) is 8.25. The molecule has 0 radical (unpaired) electrons. The van der Waals surface area contributed by atoms with Crippen LogP contribution in [-0.4, -0.2) is 14.8 Å². The molecule has 0 aliphatic carbocycles. The largest absolute Gasteiger partial charge is 0.394 e. The summed E-state index contributed by atoms with van der Waals surface area (Å²) in [6.45, 7) is 0. The highest BCUT2D eigenvalue weighted by atomic mass is 15.3. The number of nitrogens with zero attached hydrogens (tertiary/aromatic N) is 4. The zero-order chi connectivity index (χ0) is 11.8. The van der Waals surface area contributed by atoms with Crippen molar-refractivity contribution in [2.75, 3.05) is 11.5 Å². The van der Waals surface area contributed by atoms with Gasteiger partial charge in [0.1, 0.15) is 6.20 Å². The number of hydrogen-bond donors (Lipinski definition) is 2. The van der Waals surface area contributed by atoms with E-state index in [1.807, 2.05) is 41.1 Å². The maximum absolute atomic E-state index is 5.81. The van der Waals surface area contributed by atoms with Gasteiger partial charge >= 0.3 is 5.65 Å². The Balaban J connectivity index is 2.21. The maximum Gasteiger partial charge on any atom is 0.330 e. The Bertz CT molecular complexity index is 687. The lowest BCUT2D eigenvalue weighted by molar-refractivity contribution is -0.514. The highest BCUT2D eigenvalue weighted by Crippen LogP contribution is 2.16. The second-order valence-corrected chi connectivity index (χ2v) is 3.65. The minimum atomic E-state index is 0.401. The Kier molecular flexibility index (Phi) is 1.94. The fraction of sp³-hybridized carbons (Fsp3) is 0. The Hall–Kier alpha value is -2.63. The number of nitrogens with two attached hydrogens (primary N) is 2. The number of aromatic nitrogens is 4. The fourth-order valence-corrected chi connectivity index (χ4v) is 1.64. The van der Waals surface area contributed by atoms with Gasteiger partial charge in [-0.2, -0.15) is 9.78 Å². The molecule has 0 aromatic carbocycles. The normalized spacial score (nSPS) is 10.8. The zero-order valence-electron chi connectivity index (χ0n) is 8.99. The van der Waals surface area contributed by atoms with E-state index in [0.717, 1.165) is 5.65 Å². The van der Waals surface area contributed by atoms with Gasteiger partial charge in [0.15, 0.2) is 5.82 Å². The molecule has 6 nitrogen and oxygen atoms in total. The van der Waals surface area contributed by atoms with Crippen molar-refractivity contribution in [3.63, 3.8) is 0 Å². The summed E-state index contributed by atoms with van der Waals surface area (Å²) in [4.78, 5) is 4.45. The van der Waals surface area contributed by atoms with Crippen LogP contribution in [0.1, 0.15) is 0 Å². The van der Waals surface area contributed by atoms with Crippen LogP contribution in [0, 0.1) is 0 Å². The molecular formula is C11H11N6+. The van der Waals surface area contributed by atoms with Crippen LogP contribution in [0.5, 0.6) is 0 Å². The van der Waals surface area contributed by atoms with E-state index in [0.29, 0.717) is 17.3 Å². The van der Waals surface area contributed by atoms with Crippen molar-refractivity contribution >= 4 is 17.2 Å².